The van der Waals surface area contributed by atoms with Crippen LogP contribution in [0.5, 0.6) is 5.75 Å². The van der Waals surface area contributed by atoms with Crippen molar-refractivity contribution in [1.82, 2.24) is 4.98 Å². The van der Waals surface area contributed by atoms with E-state index in [1.165, 1.54) is 32.1 Å². The van der Waals surface area contributed by atoms with Gasteiger partial charge in [-0.2, -0.15) is 0 Å². The van der Waals surface area contributed by atoms with Crippen LogP contribution in [0.4, 0.5) is 0 Å². The maximum atomic E-state index is 10.9. The van der Waals surface area contributed by atoms with Gasteiger partial charge in [0.25, 0.3) is 0 Å². The van der Waals surface area contributed by atoms with E-state index in [9.17, 15) is 4.79 Å². The highest BCUT2D eigenvalue weighted by molar-refractivity contribution is 5.87. The van der Waals surface area contributed by atoms with Crippen LogP contribution in [0.1, 0.15) is 37.7 Å². The summed E-state index contributed by atoms with van der Waals surface area (Å²) >= 11 is 0. The highest BCUT2D eigenvalue weighted by atomic mass is 16.5. The Kier molecular flexibility index (Phi) is 4.13. The van der Waals surface area contributed by atoms with Crippen molar-refractivity contribution in [3.63, 3.8) is 0 Å². The van der Waals surface area contributed by atoms with Crippen LogP contribution in [-0.2, 0) is 11.2 Å². The molecule has 0 saturated heterocycles. The molecule has 0 spiro atoms. The van der Waals surface area contributed by atoms with Gasteiger partial charge in [-0.1, -0.05) is 19.3 Å². The Morgan fingerprint density at radius 1 is 1.29 bits per heavy atom. The molecule has 0 aliphatic heterocycles. The molecule has 1 aromatic carbocycles. The van der Waals surface area contributed by atoms with Gasteiger partial charge in [-0.05, 0) is 42.5 Å². The Hall–Kier alpha value is -1.97. The molecule has 21 heavy (non-hydrogen) atoms. The SMILES string of the molecule is O=C(O)Cc1c[nH]c2ccc(OCC3CCCCC3)cc12. The van der Waals surface area contributed by atoms with Crippen LogP contribution in [0.25, 0.3) is 10.9 Å². The summed E-state index contributed by atoms with van der Waals surface area (Å²) in [6.45, 7) is 0.768. The molecule has 0 atom stereocenters. The van der Waals surface area contributed by atoms with Gasteiger partial charge in [0, 0.05) is 17.1 Å². The van der Waals surface area contributed by atoms with Gasteiger partial charge in [0.05, 0.1) is 13.0 Å². The number of hydrogen-bond acceptors (Lipinski definition) is 2. The van der Waals surface area contributed by atoms with Gasteiger partial charge in [0.2, 0.25) is 0 Å². The average molecular weight is 287 g/mol. The lowest BCUT2D eigenvalue weighted by molar-refractivity contribution is -0.136. The summed E-state index contributed by atoms with van der Waals surface area (Å²) in [4.78, 5) is 14.0. The predicted octanol–water partition coefficient (Wildman–Crippen LogP) is 3.75. The van der Waals surface area contributed by atoms with Crippen molar-refractivity contribution in [3.8, 4) is 5.75 Å². The third kappa shape index (κ3) is 3.38. The fourth-order valence-electron chi connectivity index (χ4n) is 3.12. The zero-order chi connectivity index (χ0) is 14.7. The van der Waals surface area contributed by atoms with Crippen LogP contribution in [0, 0.1) is 5.92 Å². The van der Waals surface area contributed by atoms with Crippen LogP contribution in [-0.4, -0.2) is 22.7 Å². The number of nitrogens with one attached hydrogen (secondary N) is 1. The molecule has 2 N–H and O–H groups in total. The molecule has 3 rings (SSSR count). The zero-order valence-corrected chi connectivity index (χ0v) is 12.1. The second-order valence-corrected chi connectivity index (χ2v) is 5.91. The van der Waals surface area contributed by atoms with E-state index in [1.807, 2.05) is 18.2 Å². The van der Waals surface area contributed by atoms with E-state index >= 15 is 0 Å². The number of ether oxygens (including phenoxy) is 1. The van der Waals surface area contributed by atoms with Gasteiger partial charge in [0.1, 0.15) is 5.75 Å². The maximum Gasteiger partial charge on any atom is 0.307 e. The summed E-state index contributed by atoms with van der Waals surface area (Å²) in [5.74, 6) is 0.683. The first-order valence-electron chi connectivity index (χ1n) is 7.67. The van der Waals surface area contributed by atoms with Crippen molar-refractivity contribution in [2.24, 2.45) is 5.92 Å². The lowest BCUT2D eigenvalue weighted by atomic mass is 9.90. The third-order valence-electron chi connectivity index (χ3n) is 4.29. The minimum absolute atomic E-state index is 0.0338. The summed E-state index contributed by atoms with van der Waals surface area (Å²) in [6, 6.07) is 5.86. The number of hydrogen-bond donors (Lipinski definition) is 2. The van der Waals surface area contributed by atoms with Gasteiger partial charge in [-0.15, -0.1) is 0 Å². The highest BCUT2D eigenvalue weighted by Gasteiger charge is 2.14. The monoisotopic (exact) mass is 287 g/mol. The van der Waals surface area contributed by atoms with Crippen LogP contribution >= 0.6 is 0 Å². The van der Waals surface area contributed by atoms with Gasteiger partial charge in [-0.3, -0.25) is 4.79 Å². The third-order valence-corrected chi connectivity index (χ3v) is 4.29. The topological polar surface area (TPSA) is 62.3 Å². The van der Waals surface area contributed by atoms with Crippen molar-refractivity contribution < 1.29 is 14.6 Å². The van der Waals surface area contributed by atoms with Gasteiger partial charge in [0.15, 0.2) is 0 Å². The Bertz CT molecular complexity index is 626. The van der Waals surface area contributed by atoms with Crippen molar-refractivity contribution in [2.75, 3.05) is 6.61 Å². The molecule has 1 aromatic heterocycles. The first-order valence-corrected chi connectivity index (χ1v) is 7.67. The molecule has 1 saturated carbocycles. The van der Waals surface area contributed by atoms with Crippen molar-refractivity contribution in [1.29, 1.82) is 0 Å². The normalized spacial score (nSPS) is 16.2. The first kappa shape index (κ1) is 14.0. The number of benzene rings is 1. The number of aliphatic carboxylic acids is 1. The molecule has 112 valence electrons. The van der Waals surface area contributed by atoms with E-state index in [0.29, 0.717) is 5.92 Å². The largest absolute Gasteiger partial charge is 0.493 e. The van der Waals surface area contributed by atoms with E-state index in [1.54, 1.807) is 6.20 Å². The molecule has 1 heterocycles. The van der Waals surface area contributed by atoms with Gasteiger partial charge >= 0.3 is 5.97 Å². The maximum absolute atomic E-state index is 10.9. The highest BCUT2D eigenvalue weighted by Crippen LogP contribution is 2.27. The molecule has 0 bridgehead atoms. The van der Waals surface area contributed by atoms with E-state index in [4.69, 9.17) is 9.84 Å². The lowest BCUT2D eigenvalue weighted by Crippen LogP contribution is -2.15. The molecular formula is C17H21NO3. The molecule has 0 amide bonds. The number of aromatic nitrogens is 1. The van der Waals surface area contributed by atoms with E-state index in [-0.39, 0.29) is 6.42 Å². The molecule has 1 aliphatic rings. The number of rotatable bonds is 5. The minimum atomic E-state index is -0.815. The second kappa shape index (κ2) is 6.20. The zero-order valence-electron chi connectivity index (χ0n) is 12.1. The average Bonchev–Trinajstić information content (AvgIpc) is 2.88. The summed E-state index contributed by atoms with van der Waals surface area (Å²) in [6.07, 6.45) is 8.30. The first-order chi connectivity index (χ1) is 10.2. The van der Waals surface area contributed by atoms with E-state index in [0.717, 1.165) is 28.8 Å². The van der Waals surface area contributed by atoms with Gasteiger partial charge < -0.3 is 14.8 Å². The quantitative estimate of drug-likeness (QED) is 0.880. The van der Waals surface area contributed by atoms with Gasteiger partial charge in [-0.25, -0.2) is 0 Å². The smallest absolute Gasteiger partial charge is 0.307 e. The summed E-state index contributed by atoms with van der Waals surface area (Å²) in [7, 11) is 0. The molecule has 1 aliphatic carbocycles. The van der Waals surface area contributed by atoms with Crippen molar-refractivity contribution in [2.45, 2.75) is 38.5 Å². The second-order valence-electron chi connectivity index (χ2n) is 5.91. The standard InChI is InChI=1S/C17H21NO3/c19-17(20)8-13-10-18-16-7-6-14(9-15(13)16)21-11-12-4-2-1-3-5-12/h6-7,9-10,12,18H,1-5,8,11H2,(H,19,20). The predicted molar refractivity (Wildman–Crippen MR) is 81.7 cm³/mol. The van der Waals surface area contributed by atoms with Crippen molar-refractivity contribution in [3.05, 3.63) is 30.0 Å². The van der Waals surface area contributed by atoms with E-state index < -0.39 is 5.97 Å². The fourth-order valence-corrected chi connectivity index (χ4v) is 3.12. The molecule has 2 aromatic rings. The number of carboxylic acids is 1. The van der Waals surface area contributed by atoms with Crippen LogP contribution in [0.3, 0.4) is 0 Å². The Balaban J connectivity index is 1.71. The van der Waals surface area contributed by atoms with Crippen molar-refractivity contribution >= 4 is 16.9 Å². The fraction of sp³-hybridized carbons (Fsp3) is 0.471. The summed E-state index contributed by atoms with van der Waals surface area (Å²) in [5.41, 5.74) is 1.76. The number of carbonyl (C=O) groups is 1. The number of aromatic amines is 1. The summed E-state index contributed by atoms with van der Waals surface area (Å²) < 4.78 is 5.92. The molecular weight excluding hydrogens is 266 g/mol. The molecule has 0 radical (unpaired) electrons. The van der Waals surface area contributed by atoms with Crippen LogP contribution < -0.4 is 4.74 Å². The number of fused-ring (bicyclic) bond motifs is 1. The van der Waals surface area contributed by atoms with Crippen LogP contribution in [0.2, 0.25) is 0 Å². The molecule has 4 heteroatoms. The molecule has 4 nitrogen and oxygen atoms in total. The van der Waals surface area contributed by atoms with E-state index in [2.05, 4.69) is 4.98 Å². The molecule has 0 unspecified atom stereocenters. The minimum Gasteiger partial charge on any atom is -0.493 e. The Morgan fingerprint density at radius 2 is 2.10 bits per heavy atom. The number of carboxylic acid groups (broad SMARTS) is 1. The Labute approximate surface area is 124 Å². The number of H-pyrrole nitrogens is 1. The Morgan fingerprint density at radius 3 is 2.86 bits per heavy atom. The summed E-state index contributed by atoms with van der Waals surface area (Å²) in [5, 5.41) is 9.89. The lowest BCUT2D eigenvalue weighted by Gasteiger charge is -2.21. The van der Waals surface area contributed by atoms with Crippen LogP contribution in [0.15, 0.2) is 24.4 Å². The molecule has 1 fully saturated rings.